The normalized spacial score (nSPS) is 12.4. The summed E-state index contributed by atoms with van der Waals surface area (Å²) in [4.78, 5) is 25.1. The van der Waals surface area contributed by atoms with Crippen molar-refractivity contribution in [3.05, 3.63) is 57.6 Å². The molecular weight excluding hydrogens is 376 g/mol. The van der Waals surface area contributed by atoms with E-state index >= 15 is 0 Å². The van der Waals surface area contributed by atoms with Crippen molar-refractivity contribution in [1.29, 1.82) is 0 Å². The summed E-state index contributed by atoms with van der Waals surface area (Å²) in [7, 11) is 0. The van der Waals surface area contributed by atoms with Crippen LogP contribution in [-0.4, -0.2) is 27.0 Å². The fourth-order valence-corrected chi connectivity index (χ4v) is 2.44. The van der Waals surface area contributed by atoms with E-state index in [4.69, 9.17) is 16.3 Å². The number of non-ortho nitro benzene ring substituents is 1. The summed E-state index contributed by atoms with van der Waals surface area (Å²) >= 11 is 5.79. The summed E-state index contributed by atoms with van der Waals surface area (Å²) in [5.41, 5.74) is 0.175. The molecule has 1 amide bonds. The highest BCUT2D eigenvalue weighted by Crippen LogP contribution is 2.37. The number of carbonyl (C=O) groups is 1. The molecular formula is C17H13ClN4O5. The van der Waals surface area contributed by atoms with Crippen LogP contribution in [0.25, 0.3) is 10.9 Å². The highest BCUT2D eigenvalue weighted by molar-refractivity contribution is 6.30. The van der Waals surface area contributed by atoms with Gasteiger partial charge in [-0.25, -0.2) is 0 Å². The van der Waals surface area contributed by atoms with Crippen molar-refractivity contribution in [2.24, 2.45) is 10.2 Å². The van der Waals surface area contributed by atoms with E-state index < -0.39 is 16.9 Å². The largest absolute Gasteiger partial charge is 0.493 e. The van der Waals surface area contributed by atoms with E-state index in [0.29, 0.717) is 16.3 Å². The number of aromatic hydroxyl groups is 1. The molecule has 1 unspecified atom stereocenters. The van der Waals surface area contributed by atoms with E-state index in [1.165, 1.54) is 25.1 Å². The minimum atomic E-state index is -0.934. The number of H-pyrrole nitrogens is 1. The Labute approximate surface area is 157 Å². The number of ether oxygens (including phenoxy) is 1. The van der Waals surface area contributed by atoms with Gasteiger partial charge in [0, 0.05) is 22.5 Å². The molecule has 3 rings (SSSR count). The highest BCUT2D eigenvalue weighted by Gasteiger charge is 2.17. The minimum Gasteiger partial charge on any atom is -0.493 e. The molecule has 27 heavy (non-hydrogen) atoms. The molecule has 10 heteroatoms. The van der Waals surface area contributed by atoms with Gasteiger partial charge in [-0.1, -0.05) is 11.6 Å². The quantitative estimate of drug-likeness (QED) is 0.377. The predicted octanol–water partition coefficient (Wildman–Crippen LogP) is 4.51. The van der Waals surface area contributed by atoms with Gasteiger partial charge in [-0.15, -0.1) is 10.2 Å². The second-order valence-corrected chi connectivity index (χ2v) is 6.00. The first-order valence-corrected chi connectivity index (χ1v) is 8.10. The van der Waals surface area contributed by atoms with Crippen molar-refractivity contribution < 1.29 is 19.6 Å². The third kappa shape index (κ3) is 4.04. The summed E-state index contributed by atoms with van der Waals surface area (Å²) in [6.07, 6.45) is -0.934. The number of benzene rings is 2. The van der Waals surface area contributed by atoms with Crippen LogP contribution in [0.3, 0.4) is 0 Å². The van der Waals surface area contributed by atoms with Gasteiger partial charge < -0.3 is 14.8 Å². The zero-order valence-corrected chi connectivity index (χ0v) is 14.7. The van der Waals surface area contributed by atoms with E-state index in [-0.39, 0.29) is 22.6 Å². The maximum atomic E-state index is 12.1. The van der Waals surface area contributed by atoms with Crippen molar-refractivity contribution >= 4 is 39.8 Å². The third-order valence-corrected chi connectivity index (χ3v) is 3.92. The summed E-state index contributed by atoms with van der Waals surface area (Å²) in [6.45, 7) is 1.50. The van der Waals surface area contributed by atoms with E-state index in [2.05, 4.69) is 15.2 Å². The molecule has 0 aliphatic carbocycles. The van der Waals surface area contributed by atoms with Crippen LogP contribution < -0.4 is 4.74 Å². The molecule has 0 bridgehead atoms. The van der Waals surface area contributed by atoms with Gasteiger partial charge in [0.25, 0.3) is 5.69 Å². The lowest BCUT2D eigenvalue weighted by molar-refractivity contribution is -0.384. The molecule has 1 aromatic heterocycles. The Balaban J connectivity index is 1.81. The average Bonchev–Trinajstić information content (AvgIpc) is 2.95. The van der Waals surface area contributed by atoms with Gasteiger partial charge in [0.05, 0.1) is 10.4 Å². The number of aromatic amines is 1. The molecule has 0 saturated heterocycles. The van der Waals surface area contributed by atoms with Gasteiger partial charge in [-0.2, -0.15) is 0 Å². The lowest BCUT2D eigenvalue weighted by Crippen LogP contribution is -2.21. The molecule has 2 aromatic carbocycles. The Morgan fingerprint density at radius 3 is 2.67 bits per heavy atom. The van der Waals surface area contributed by atoms with Gasteiger partial charge >= 0.3 is 5.91 Å². The number of fused-ring (bicyclic) bond motifs is 1. The fraction of sp³-hybridized carbons (Fsp3) is 0.118. The molecule has 138 valence electrons. The molecule has 0 aliphatic heterocycles. The SMILES string of the molecule is CC(Oc1ccc(Cl)cc1)C(=O)N=Nc1c(O)[nH]c2ccc([N+](=O)[O-])cc12. The van der Waals surface area contributed by atoms with E-state index in [1.807, 2.05) is 0 Å². The zero-order valence-electron chi connectivity index (χ0n) is 13.9. The molecule has 0 spiro atoms. The fourth-order valence-electron chi connectivity index (χ4n) is 2.31. The number of nitrogens with one attached hydrogen (secondary N) is 1. The number of carbonyl (C=O) groups excluding carboxylic acids is 1. The number of amides is 1. The number of hydrogen-bond acceptors (Lipinski definition) is 6. The monoisotopic (exact) mass is 388 g/mol. The van der Waals surface area contributed by atoms with Gasteiger partial charge in [0.15, 0.2) is 11.8 Å². The molecule has 0 aliphatic rings. The molecule has 3 aromatic rings. The molecule has 0 saturated carbocycles. The van der Waals surface area contributed by atoms with Crippen LogP contribution >= 0.6 is 11.6 Å². The second kappa shape index (κ2) is 7.42. The Hall–Kier alpha value is -3.46. The molecule has 1 atom stereocenters. The maximum Gasteiger partial charge on any atom is 0.304 e. The number of hydrogen-bond donors (Lipinski definition) is 2. The number of halogens is 1. The van der Waals surface area contributed by atoms with E-state index in [1.54, 1.807) is 24.3 Å². The van der Waals surface area contributed by atoms with Crippen molar-refractivity contribution in [2.75, 3.05) is 0 Å². The van der Waals surface area contributed by atoms with Crippen LogP contribution in [0.5, 0.6) is 11.6 Å². The Kier molecular flexibility index (Phi) is 5.04. The zero-order chi connectivity index (χ0) is 19.6. The smallest absolute Gasteiger partial charge is 0.304 e. The number of azo groups is 1. The van der Waals surface area contributed by atoms with E-state index in [0.717, 1.165) is 0 Å². The summed E-state index contributed by atoms with van der Waals surface area (Å²) < 4.78 is 5.45. The molecule has 1 heterocycles. The number of nitro benzene ring substituents is 1. The number of nitro groups is 1. The molecule has 0 fully saturated rings. The van der Waals surface area contributed by atoms with Crippen LogP contribution in [0, 0.1) is 10.1 Å². The number of aromatic nitrogens is 1. The predicted molar refractivity (Wildman–Crippen MR) is 97.7 cm³/mol. The van der Waals surface area contributed by atoms with E-state index in [9.17, 15) is 20.0 Å². The van der Waals surface area contributed by atoms with Crippen molar-refractivity contribution in [2.45, 2.75) is 13.0 Å². The molecule has 9 nitrogen and oxygen atoms in total. The van der Waals surface area contributed by atoms with Crippen LogP contribution in [0.4, 0.5) is 11.4 Å². The van der Waals surface area contributed by atoms with Crippen molar-refractivity contribution in [1.82, 2.24) is 4.98 Å². The third-order valence-electron chi connectivity index (χ3n) is 3.67. The first-order chi connectivity index (χ1) is 12.8. The molecule has 2 N–H and O–H groups in total. The number of nitrogens with zero attached hydrogens (tertiary/aromatic N) is 3. The Bertz CT molecular complexity index is 1050. The lowest BCUT2D eigenvalue weighted by Gasteiger charge is -2.10. The first-order valence-electron chi connectivity index (χ1n) is 7.72. The summed E-state index contributed by atoms with van der Waals surface area (Å²) in [6, 6.07) is 10.4. The van der Waals surface area contributed by atoms with Crippen LogP contribution in [-0.2, 0) is 4.79 Å². The van der Waals surface area contributed by atoms with Gasteiger partial charge in [0.2, 0.25) is 5.88 Å². The lowest BCUT2D eigenvalue weighted by atomic mass is 10.2. The standard InChI is InChI=1S/C17H13ClN4O5/c1-9(27-12-5-2-10(18)3-6-12)16(23)21-20-15-13-8-11(22(25)26)4-7-14(13)19-17(15)24/h2-9,19,24H,1H3. The first kappa shape index (κ1) is 18.3. The topological polar surface area (TPSA) is 130 Å². The van der Waals surface area contributed by atoms with Crippen LogP contribution in [0.15, 0.2) is 52.7 Å². The Morgan fingerprint density at radius 2 is 2.00 bits per heavy atom. The minimum absolute atomic E-state index is 0.0688. The van der Waals surface area contributed by atoms with Crippen molar-refractivity contribution in [3.8, 4) is 11.6 Å². The van der Waals surface area contributed by atoms with Gasteiger partial charge in [0.1, 0.15) is 5.75 Å². The highest BCUT2D eigenvalue weighted by atomic mass is 35.5. The van der Waals surface area contributed by atoms with Crippen LogP contribution in [0.1, 0.15) is 6.92 Å². The Morgan fingerprint density at radius 1 is 1.30 bits per heavy atom. The van der Waals surface area contributed by atoms with Gasteiger partial charge in [-0.3, -0.25) is 14.9 Å². The number of rotatable bonds is 5. The summed E-state index contributed by atoms with van der Waals surface area (Å²) in [5, 5.41) is 28.9. The van der Waals surface area contributed by atoms with Crippen LogP contribution in [0.2, 0.25) is 5.02 Å². The second-order valence-electron chi connectivity index (χ2n) is 5.56. The van der Waals surface area contributed by atoms with Crippen molar-refractivity contribution in [3.63, 3.8) is 0 Å². The average molecular weight is 389 g/mol. The summed E-state index contributed by atoms with van der Waals surface area (Å²) in [5.74, 6) is -0.613. The molecule has 0 radical (unpaired) electrons. The van der Waals surface area contributed by atoms with Gasteiger partial charge in [-0.05, 0) is 37.3 Å². The maximum absolute atomic E-state index is 12.1.